The summed E-state index contributed by atoms with van der Waals surface area (Å²) in [7, 11) is 0. The van der Waals surface area contributed by atoms with Crippen LogP contribution >= 0.6 is 0 Å². The second-order valence-corrected chi connectivity index (χ2v) is 4.00. The zero-order valence-electron chi connectivity index (χ0n) is 7.88. The van der Waals surface area contributed by atoms with Crippen molar-refractivity contribution in [1.29, 1.82) is 0 Å². The number of terminal acetylenes is 1. The first-order valence-electron chi connectivity index (χ1n) is 5.00. The molecule has 0 atom stereocenters. The predicted molar refractivity (Wildman–Crippen MR) is 52.4 cm³/mol. The van der Waals surface area contributed by atoms with Gasteiger partial charge in [0.2, 0.25) is 0 Å². The zero-order chi connectivity index (χ0) is 9.15. The Morgan fingerprint density at radius 3 is 2.69 bits per heavy atom. The van der Waals surface area contributed by atoms with E-state index < -0.39 is 0 Å². The molecule has 0 unspecified atom stereocenters. The average molecular weight is 177 g/mol. The van der Waals surface area contributed by atoms with E-state index in [1.165, 1.54) is 37.8 Å². The smallest absolute Gasteiger partial charge is 0.177 e. The van der Waals surface area contributed by atoms with Crippen molar-refractivity contribution in [2.24, 2.45) is 10.6 Å². The van der Waals surface area contributed by atoms with Crippen molar-refractivity contribution >= 4 is 5.71 Å². The minimum atomic E-state index is 0.305. The van der Waals surface area contributed by atoms with Crippen LogP contribution in [0.4, 0.5) is 0 Å². The highest BCUT2D eigenvalue weighted by Crippen LogP contribution is 2.51. The van der Waals surface area contributed by atoms with Crippen molar-refractivity contribution in [1.82, 2.24) is 0 Å². The summed E-state index contributed by atoms with van der Waals surface area (Å²) in [6, 6.07) is 0. The van der Waals surface area contributed by atoms with Crippen LogP contribution in [0.2, 0.25) is 0 Å². The minimum Gasteiger partial charge on any atom is -0.383 e. The maximum Gasteiger partial charge on any atom is 0.177 e. The first-order chi connectivity index (χ1) is 6.37. The number of hydrogen-bond donors (Lipinski definition) is 0. The fourth-order valence-electron chi connectivity index (χ4n) is 2.47. The Kier molecular flexibility index (Phi) is 2.26. The van der Waals surface area contributed by atoms with Crippen LogP contribution in [0.3, 0.4) is 0 Å². The molecule has 0 radical (unpaired) electrons. The monoisotopic (exact) mass is 177 g/mol. The van der Waals surface area contributed by atoms with Crippen LogP contribution in [0.25, 0.3) is 0 Å². The fourth-order valence-corrected chi connectivity index (χ4v) is 2.47. The third kappa shape index (κ3) is 1.44. The van der Waals surface area contributed by atoms with Gasteiger partial charge in [-0.25, -0.2) is 0 Å². The second-order valence-electron chi connectivity index (χ2n) is 4.00. The van der Waals surface area contributed by atoms with E-state index in [9.17, 15) is 0 Å². The van der Waals surface area contributed by atoms with Crippen LogP contribution in [0, 0.1) is 17.8 Å². The van der Waals surface area contributed by atoms with Gasteiger partial charge in [0.05, 0.1) is 5.71 Å². The zero-order valence-corrected chi connectivity index (χ0v) is 7.88. The van der Waals surface area contributed by atoms with Gasteiger partial charge in [-0.15, -0.1) is 6.42 Å². The van der Waals surface area contributed by atoms with Crippen molar-refractivity contribution in [3.8, 4) is 12.3 Å². The molecule has 0 aromatic heterocycles. The minimum absolute atomic E-state index is 0.305. The lowest BCUT2D eigenvalue weighted by molar-refractivity contribution is 0.166. The van der Waals surface area contributed by atoms with Gasteiger partial charge >= 0.3 is 0 Å². The molecular weight excluding hydrogens is 162 g/mol. The molecule has 2 aliphatic rings. The third-order valence-electron chi connectivity index (χ3n) is 3.34. The summed E-state index contributed by atoms with van der Waals surface area (Å²) in [5.41, 5.74) is 1.70. The molecule has 0 aromatic carbocycles. The van der Waals surface area contributed by atoms with Crippen LogP contribution in [-0.2, 0) is 4.84 Å². The van der Waals surface area contributed by atoms with Gasteiger partial charge in [-0.1, -0.05) is 23.9 Å². The summed E-state index contributed by atoms with van der Waals surface area (Å²) in [6.07, 6.45) is 12.8. The first-order valence-corrected chi connectivity index (χ1v) is 5.00. The maximum atomic E-state index is 5.07. The number of oxime groups is 1. The Labute approximate surface area is 79.3 Å². The quantitative estimate of drug-likeness (QED) is 0.360. The summed E-state index contributed by atoms with van der Waals surface area (Å²) in [6.45, 7) is 0.305. The van der Waals surface area contributed by atoms with Gasteiger partial charge in [-0.2, -0.15) is 0 Å². The topological polar surface area (TPSA) is 21.6 Å². The van der Waals surface area contributed by atoms with E-state index in [1.54, 1.807) is 0 Å². The van der Waals surface area contributed by atoms with Gasteiger partial charge in [0.15, 0.2) is 6.61 Å². The average Bonchev–Trinajstić information content (AvgIpc) is 2.61. The largest absolute Gasteiger partial charge is 0.383 e. The van der Waals surface area contributed by atoms with Crippen LogP contribution < -0.4 is 0 Å². The van der Waals surface area contributed by atoms with Crippen molar-refractivity contribution < 1.29 is 4.84 Å². The summed E-state index contributed by atoms with van der Waals surface area (Å²) in [4.78, 5) is 5.03. The second kappa shape index (κ2) is 3.41. The Morgan fingerprint density at radius 2 is 2.15 bits per heavy atom. The number of hydrogen-bond acceptors (Lipinski definition) is 2. The molecule has 0 saturated heterocycles. The standard InChI is InChI=1S/C11H15NO/c1-2-9-13-12-10-5-8-11(10)6-3-4-7-11/h1H,3-9H2/b12-10-. The molecule has 2 rings (SSSR count). The molecule has 2 saturated carbocycles. The molecule has 0 aromatic rings. The molecule has 2 fully saturated rings. The summed E-state index contributed by atoms with van der Waals surface area (Å²) in [5, 5.41) is 4.13. The van der Waals surface area contributed by atoms with Crippen molar-refractivity contribution in [2.45, 2.75) is 38.5 Å². The molecular formula is C11H15NO. The highest BCUT2D eigenvalue weighted by atomic mass is 16.6. The summed E-state index contributed by atoms with van der Waals surface area (Å²) < 4.78 is 0. The Balaban J connectivity index is 1.93. The van der Waals surface area contributed by atoms with Gasteiger partial charge < -0.3 is 4.84 Å². The molecule has 0 bridgehead atoms. The lowest BCUT2D eigenvalue weighted by Gasteiger charge is -2.39. The predicted octanol–water partition coefficient (Wildman–Crippen LogP) is 2.35. The summed E-state index contributed by atoms with van der Waals surface area (Å²) >= 11 is 0. The van der Waals surface area contributed by atoms with Crippen LogP contribution in [0.5, 0.6) is 0 Å². The SMILES string of the molecule is C#CCO/N=C1/CCC12CCCC2. The van der Waals surface area contributed by atoms with Gasteiger partial charge in [0.25, 0.3) is 0 Å². The van der Waals surface area contributed by atoms with Gasteiger partial charge in [-0.05, 0) is 25.7 Å². The highest BCUT2D eigenvalue weighted by Gasteiger charge is 2.45. The first kappa shape index (κ1) is 8.62. The molecule has 1 spiro atoms. The van der Waals surface area contributed by atoms with E-state index in [2.05, 4.69) is 11.1 Å². The number of nitrogens with zero attached hydrogens (tertiary/aromatic N) is 1. The molecule has 2 heteroatoms. The van der Waals surface area contributed by atoms with Crippen molar-refractivity contribution in [3.63, 3.8) is 0 Å². The maximum absolute atomic E-state index is 5.07. The normalized spacial score (nSPS) is 27.2. The lowest BCUT2D eigenvalue weighted by Crippen LogP contribution is -2.38. The molecule has 13 heavy (non-hydrogen) atoms. The fraction of sp³-hybridized carbons (Fsp3) is 0.727. The Bertz CT molecular complexity index is 256. The number of rotatable bonds is 2. The Morgan fingerprint density at radius 1 is 1.38 bits per heavy atom. The van der Waals surface area contributed by atoms with E-state index in [-0.39, 0.29) is 0 Å². The van der Waals surface area contributed by atoms with E-state index >= 15 is 0 Å². The highest BCUT2D eigenvalue weighted by molar-refractivity contribution is 5.95. The van der Waals surface area contributed by atoms with E-state index in [1.807, 2.05) is 0 Å². The van der Waals surface area contributed by atoms with Gasteiger partial charge in [0, 0.05) is 5.41 Å². The van der Waals surface area contributed by atoms with Gasteiger partial charge in [-0.3, -0.25) is 0 Å². The molecule has 0 aliphatic heterocycles. The van der Waals surface area contributed by atoms with E-state index in [0.29, 0.717) is 12.0 Å². The summed E-state index contributed by atoms with van der Waals surface area (Å²) in [5.74, 6) is 2.42. The third-order valence-corrected chi connectivity index (χ3v) is 3.34. The molecule has 0 amide bonds. The van der Waals surface area contributed by atoms with Crippen LogP contribution in [0.15, 0.2) is 5.16 Å². The molecule has 0 N–H and O–H groups in total. The van der Waals surface area contributed by atoms with Gasteiger partial charge in [0.1, 0.15) is 0 Å². The molecule has 2 aliphatic carbocycles. The Hall–Kier alpha value is -0.970. The van der Waals surface area contributed by atoms with Crippen molar-refractivity contribution in [3.05, 3.63) is 0 Å². The van der Waals surface area contributed by atoms with Crippen LogP contribution in [-0.4, -0.2) is 12.3 Å². The molecule has 70 valence electrons. The lowest BCUT2D eigenvalue weighted by atomic mass is 9.66. The molecule has 0 heterocycles. The molecule has 2 nitrogen and oxygen atoms in total. The van der Waals surface area contributed by atoms with E-state index in [4.69, 9.17) is 11.3 Å². The van der Waals surface area contributed by atoms with Crippen molar-refractivity contribution in [2.75, 3.05) is 6.61 Å². The van der Waals surface area contributed by atoms with E-state index in [0.717, 1.165) is 6.42 Å². The van der Waals surface area contributed by atoms with Crippen LogP contribution in [0.1, 0.15) is 38.5 Å².